The van der Waals surface area contributed by atoms with Gasteiger partial charge in [-0.3, -0.25) is 0 Å². The Labute approximate surface area is 121 Å². The number of rotatable bonds is 3. The number of nitrogens with two attached hydrogens (primary N) is 1. The van der Waals surface area contributed by atoms with Crippen LogP contribution >= 0.6 is 15.9 Å². The monoisotopic (exact) mass is 315 g/mol. The van der Waals surface area contributed by atoms with E-state index in [4.69, 9.17) is 11.0 Å². The topological polar surface area (TPSA) is 61.8 Å². The molecular weight excluding hydrogens is 302 g/mol. The number of aryl methyl sites for hydroxylation is 1. The number of anilines is 3. The molecule has 0 spiro atoms. The molecule has 0 saturated heterocycles. The molecule has 2 aromatic carbocycles. The van der Waals surface area contributed by atoms with Crippen LogP contribution < -0.4 is 11.1 Å². The number of benzene rings is 2. The summed E-state index contributed by atoms with van der Waals surface area (Å²) in [6.45, 7) is 1.98. The predicted octanol–water partition coefficient (Wildman–Crippen LogP) is 4.15. The summed E-state index contributed by atoms with van der Waals surface area (Å²) in [7, 11) is 0. The molecule has 0 aliphatic rings. The molecule has 3 N–H and O–H groups in total. The first-order valence-electron chi connectivity index (χ1n) is 5.88. The lowest BCUT2D eigenvalue weighted by Gasteiger charge is -2.11. The Bertz CT molecular complexity index is 627. The summed E-state index contributed by atoms with van der Waals surface area (Å²) in [5.74, 6) is 0. The molecule has 0 aliphatic heterocycles. The fourth-order valence-electron chi connectivity index (χ4n) is 1.75. The zero-order chi connectivity index (χ0) is 13.8. The van der Waals surface area contributed by atoms with Crippen LogP contribution in [0.1, 0.15) is 11.1 Å². The highest BCUT2D eigenvalue weighted by atomic mass is 79.9. The summed E-state index contributed by atoms with van der Waals surface area (Å²) in [6.07, 6.45) is 0.435. The van der Waals surface area contributed by atoms with E-state index in [1.54, 1.807) is 0 Å². The van der Waals surface area contributed by atoms with Crippen molar-refractivity contribution in [1.29, 1.82) is 5.26 Å². The van der Waals surface area contributed by atoms with Crippen molar-refractivity contribution in [1.82, 2.24) is 0 Å². The average molecular weight is 316 g/mol. The maximum absolute atomic E-state index is 8.63. The highest BCUT2D eigenvalue weighted by Gasteiger charge is 2.04. The number of halogens is 1. The molecule has 0 heterocycles. The highest BCUT2D eigenvalue weighted by Crippen LogP contribution is 2.30. The molecule has 0 saturated carbocycles. The van der Waals surface area contributed by atoms with Gasteiger partial charge in [0.15, 0.2) is 0 Å². The quantitative estimate of drug-likeness (QED) is 0.836. The molecule has 0 atom stereocenters. The van der Waals surface area contributed by atoms with E-state index in [2.05, 4.69) is 27.3 Å². The fourth-order valence-corrected chi connectivity index (χ4v) is 2.21. The van der Waals surface area contributed by atoms with Crippen LogP contribution in [-0.4, -0.2) is 0 Å². The van der Waals surface area contributed by atoms with Crippen LogP contribution in [0, 0.1) is 18.3 Å². The molecule has 2 rings (SSSR count). The fraction of sp³-hybridized carbons (Fsp3) is 0.133. The van der Waals surface area contributed by atoms with Gasteiger partial charge in [0.1, 0.15) is 0 Å². The normalized spacial score (nSPS) is 9.95. The maximum Gasteiger partial charge on any atom is 0.0669 e. The molecule has 0 radical (unpaired) electrons. The van der Waals surface area contributed by atoms with E-state index >= 15 is 0 Å². The van der Waals surface area contributed by atoms with Crippen LogP contribution in [-0.2, 0) is 6.42 Å². The van der Waals surface area contributed by atoms with Crippen LogP contribution in [0.5, 0.6) is 0 Å². The lowest BCUT2D eigenvalue weighted by Crippen LogP contribution is -1.96. The van der Waals surface area contributed by atoms with Crippen LogP contribution in [0.15, 0.2) is 40.9 Å². The Hall–Kier alpha value is -1.99. The minimum absolute atomic E-state index is 0.435. The molecular formula is C15H14BrN3. The van der Waals surface area contributed by atoms with E-state index < -0.39 is 0 Å². The van der Waals surface area contributed by atoms with Gasteiger partial charge in [-0.1, -0.05) is 12.1 Å². The van der Waals surface area contributed by atoms with Crippen LogP contribution in [0.2, 0.25) is 0 Å². The van der Waals surface area contributed by atoms with Gasteiger partial charge in [-0.15, -0.1) is 0 Å². The first-order chi connectivity index (χ1) is 9.10. The van der Waals surface area contributed by atoms with E-state index in [-0.39, 0.29) is 0 Å². The van der Waals surface area contributed by atoms with Gasteiger partial charge in [-0.05, 0) is 58.2 Å². The minimum atomic E-state index is 0.435. The van der Waals surface area contributed by atoms with Crippen molar-refractivity contribution >= 4 is 33.0 Å². The van der Waals surface area contributed by atoms with E-state index in [0.29, 0.717) is 6.42 Å². The number of hydrogen-bond donors (Lipinski definition) is 2. The van der Waals surface area contributed by atoms with E-state index in [1.165, 1.54) is 0 Å². The Balaban J connectivity index is 2.22. The molecule has 0 aromatic heterocycles. The Morgan fingerprint density at radius 1 is 1.26 bits per heavy atom. The molecule has 0 fully saturated rings. The summed E-state index contributed by atoms with van der Waals surface area (Å²) in [5.41, 5.74) is 10.6. The first kappa shape index (κ1) is 13.4. The molecule has 0 amide bonds. The largest absolute Gasteiger partial charge is 0.398 e. The minimum Gasteiger partial charge on any atom is -0.398 e. The summed E-state index contributed by atoms with van der Waals surface area (Å²) in [6, 6.07) is 13.8. The van der Waals surface area contributed by atoms with E-state index in [0.717, 1.165) is 32.7 Å². The third kappa shape index (κ3) is 3.27. The van der Waals surface area contributed by atoms with Crippen molar-refractivity contribution in [3.05, 3.63) is 52.0 Å². The smallest absolute Gasteiger partial charge is 0.0669 e. The van der Waals surface area contributed by atoms with Gasteiger partial charge >= 0.3 is 0 Å². The third-order valence-corrected chi connectivity index (χ3v) is 3.53. The SMILES string of the molecule is Cc1cc(Nc2ccc(CC#N)cc2)c(Br)cc1N. The summed E-state index contributed by atoms with van der Waals surface area (Å²) in [4.78, 5) is 0. The standard InChI is InChI=1S/C15H14BrN3/c1-10-8-15(13(16)9-14(10)18)19-12-4-2-11(3-5-12)6-7-17/h2-5,8-9,19H,6,18H2,1H3. The van der Waals surface area contributed by atoms with Crippen LogP contribution in [0.3, 0.4) is 0 Å². The van der Waals surface area contributed by atoms with Crippen molar-refractivity contribution in [2.45, 2.75) is 13.3 Å². The average Bonchev–Trinajstić information content (AvgIpc) is 2.38. The number of nitrogen functional groups attached to an aromatic ring is 1. The number of hydrogen-bond acceptors (Lipinski definition) is 3. The van der Waals surface area contributed by atoms with Gasteiger partial charge in [0.25, 0.3) is 0 Å². The van der Waals surface area contributed by atoms with Crippen LogP contribution in [0.25, 0.3) is 0 Å². The first-order valence-corrected chi connectivity index (χ1v) is 6.68. The second-order valence-corrected chi connectivity index (χ2v) is 5.20. The Morgan fingerprint density at radius 2 is 1.95 bits per heavy atom. The predicted molar refractivity (Wildman–Crippen MR) is 82.3 cm³/mol. The van der Waals surface area contributed by atoms with E-state index in [9.17, 15) is 0 Å². The lowest BCUT2D eigenvalue weighted by atomic mass is 10.1. The lowest BCUT2D eigenvalue weighted by molar-refractivity contribution is 1.26. The molecule has 3 nitrogen and oxygen atoms in total. The number of nitrogens with one attached hydrogen (secondary N) is 1. The molecule has 2 aromatic rings. The Kier molecular flexibility index (Phi) is 4.08. The molecule has 0 unspecified atom stereocenters. The van der Waals surface area contributed by atoms with Gasteiger partial charge in [-0.2, -0.15) is 5.26 Å². The van der Waals surface area contributed by atoms with Crippen molar-refractivity contribution in [3.63, 3.8) is 0 Å². The summed E-state index contributed by atoms with van der Waals surface area (Å²) >= 11 is 3.49. The van der Waals surface area contributed by atoms with Crippen molar-refractivity contribution in [2.24, 2.45) is 0 Å². The number of nitriles is 1. The zero-order valence-electron chi connectivity index (χ0n) is 10.6. The van der Waals surface area contributed by atoms with Crippen molar-refractivity contribution < 1.29 is 0 Å². The molecule has 0 aliphatic carbocycles. The molecule has 19 heavy (non-hydrogen) atoms. The highest BCUT2D eigenvalue weighted by molar-refractivity contribution is 9.10. The van der Waals surface area contributed by atoms with Gasteiger partial charge in [-0.25, -0.2) is 0 Å². The van der Waals surface area contributed by atoms with Gasteiger partial charge in [0, 0.05) is 15.8 Å². The van der Waals surface area contributed by atoms with Crippen LogP contribution in [0.4, 0.5) is 17.1 Å². The van der Waals surface area contributed by atoms with Gasteiger partial charge in [0.2, 0.25) is 0 Å². The second-order valence-electron chi connectivity index (χ2n) is 4.35. The number of nitrogens with zero attached hydrogens (tertiary/aromatic N) is 1. The molecule has 0 bridgehead atoms. The Morgan fingerprint density at radius 3 is 2.58 bits per heavy atom. The summed E-state index contributed by atoms with van der Waals surface area (Å²) in [5, 5.41) is 12.0. The van der Waals surface area contributed by atoms with Crippen molar-refractivity contribution in [3.8, 4) is 6.07 Å². The van der Waals surface area contributed by atoms with Gasteiger partial charge in [0.05, 0.1) is 18.2 Å². The third-order valence-electron chi connectivity index (χ3n) is 2.87. The summed E-state index contributed by atoms with van der Waals surface area (Å²) < 4.78 is 0.928. The second kappa shape index (κ2) is 5.77. The zero-order valence-corrected chi connectivity index (χ0v) is 12.2. The maximum atomic E-state index is 8.63. The van der Waals surface area contributed by atoms with Crippen molar-refractivity contribution in [2.75, 3.05) is 11.1 Å². The molecule has 96 valence electrons. The molecule has 4 heteroatoms. The van der Waals surface area contributed by atoms with E-state index in [1.807, 2.05) is 43.3 Å². The van der Waals surface area contributed by atoms with Gasteiger partial charge < -0.3 is 11.1 Å².